The van der Waals surface area contributed by atoms with E-state index in [-0.39, 0.29) is 17.6 Å². The molecule has 0 atom stereocenters. The van der Waals surface area contributed by atoms with E-state index in [1.54, 1.807) is 19.2 Å². The quantitative estimate of drug-likeness (QED) is 0.690. The monoisotopic (exact) mass is 406 g/mol. The van der Waals surface area contributed by atoms with Gasteiger partial charge in [0.15, 0.2) is 0 Å². The normalized spacial score (nSPS) is 14.4. The first-order chi connectivity index (χ1) is 14.6. The first-order valence-electron chi connectivity index (χ1n) is 9.90. The van der Waals surface area contributed by atoms with Gasteiger partial charge in [-0.25, -0.2) is 14.4 Å². The number of benzene rings is 2. The maximum atomic E-state index is 13.2. The summed E-state index contributed by atoms with van der Waals surface area (Å²) in [6, 6.07) is 15.5. The molecule has 1 saturated heterocycles. The lowest BCUT2D eigenvalue weighted by atomic mass is 9.95. The molecule has 3 aromatic rings. The molecule has 2 heterocycles. The second-order valence-corrected chi connectivity index (χ2v) is 7.25. The highest BCUT2D eigenvalue weighted by Crippen LogP contribution is 2.26. The highest BCUT2D eigenvalue weighted by atomic mass is 19.1. The summed E-state index contributed by atoms with van der Waals surface area (Å²) in [6.07, 6.45) is 3.01. The number of aromatic nitrogens is 2. The van der Waals surface area contributed by atoms with Crippen LogP contribution < -0.4 is 15.0 Å². The predicted octanol–water partition coefficient (Wildman–Crippen LogP) is 4.15. The Kier molecular flexibility index (Phi) is 5.88. The van der Waals surface area contributed by atoms with Crippen LogP contribution >= 0.6 is 0 Å². The fourth-order valence-electron chi connectivity index (χ4n) is 3.61. The van der Waals surface area contributed by atoms with Crippen molar-refractivity contribution in [2.24, 2.45) is 5.92 Å². The maximum Gasteiger partial charge on any atom is 0.227 e. The molecule has 2 aromatic carbocycles. The summed E-state index contributed by atoms with van der Waals surface area (Å²) in [5.41, 5.74) is 2.33. The topological polar surface area (TPSA) is 67.3 Å². The number of halogens is 1. The maximum absolute atomic E-state index is 13.2. The van der Waals surface area contributed by atoms with Gasteiger partial charge >= 0.3 is 0 Å². The van der Waals surface area contributed by atoms with Crippen molar-refractivity contribution in [2.45, 2.75) is 12.8 Å². The summed E-state index contributed by atoms with van der Waals surface area (Å²) in [5.74, 6) is 1.23. The summed E-state index contributed by atoms with van der Waals surface area (Å²) in [5, 5.41) is 2.98. The Labute approximate surface area is 174 Å². The van der Waals surface area contributed by atoms with E-state index in [0.717, 1.165) is 48.7 Å². The third-order valence-corrected chi connectivity index (χ3v) is 5.32. The van der Waals surface area contributed by atoms with Gasteiger partial charge in [-0.15, -0.1) is 0 Å². The highest BCUT2D eigenvalue weighted by Gasteiger charge is 2.26. The minimum Gasteiger partial charge on any atom is -0.497 e. The van der Waals surface area contributed by atoms with Crippen LogP contribution in [-0.4, -0.2) is 36.1 Å². The molecular weight excluding hydrogens is 383 g/mol. The largest absolute Gasteiger partial charge is 0.497 e. The Morgan fingerprint density at radius 2 is 1.87 bits per heavy atom. The summed E-state index contributed by atoms with van der Waals surface area (Å²) in [6.45, 7) is 1.46. The molecule has 4 rings (SSSR count). The molecule has 0 saturated carbocycles. The number of amides is 1. The Balaban J connectivity index is 1.38. The van der Waals surface area contributed by atoms with Gasteiger partial charge in [-0.2, -0.15) is 0 Å². The van der Waals surface area contributed by atoms with Gasteiger partial charge < -0.3 is 15.0 Å². The van der Waals surface area contributed by atoms with Crippen LogP contribution in [0.3, 0.4) is 0 Å². The summed E-state index contributed by atoms with van der Waals surface area (Å²) in [7, 11) is 1.60. The molecule has 7 heteroatoms. The second kappa shape index (κ2) is 8.90. The minimum absolute atomic E-state index is 0.0255. The van der Waals surface area contributed by atoms with Crippen LogP contribution in [0.5, 0.6) is 5.75 Å². The van der Waals surface area contributed by atoms with Gasteiger partial charge in [-0.1, -0.05) is 6.07 Å². The van der Waals surface area contributed by atoms with E-state index in [1.807, 2.05) is 30.3 Å². The van der Waals surface area contributed by atoms with Gasteiger partial charge in [0.2, 0.25) is 5.91 Å². The minimum atomic E-state index is -0.276. The fourth-order valence-corrected chi connectivity index (χ4v) is 3.61. The third-order valence-electron chi connectivity index (χ3n) is 5.32. The van der Waals surface area contributed by atoms with Crippen LogP contribution in [0, 0.1) is 11.7 Å². The van der Waals surface area contributed by atoms with Gasteiger partial charge in [-0.3, -0.25) is 4.79 Å². The number of nitrogens with one attached hydrogen (secondary N) is 1. The van der Waals surface area contributed by atoms with Crippen LogP contribution in [0.2, 0.25) is 0 Å². The van der Waals surface area contributed by atoms with Gasteiger partial charge in [0.05, 0.1) is 12.8 Å². The number of hydrogen-bond acceptors (Lipinski definition) is 5. The molecule has 1 fully saturated rings. The number of ether oxygens (including phenoxy) is 1. The van der Waals surface area contributed by atoms with E-state index in [0.29, 0.717) is 5.75 Å². The Hall–Kier alpha value is -3.48. The van der Waals surface area contributed by atoms with E-state index < -0.39 is 0 Å². The van der Waals surface area contributed by atoms with Crippen molar-refractivity contribution in [2.75, 3.05) is 30.4 Å². The summed E-state index contributed by atoms with van der Waals surface area (Å²) in [4.78, 5) is 23.5. The zero-order valence-electron chi connectivity index (χ0n) is 16.7. The van der Waals surface area contributed by atoms with E-state index >= 15 is 0 Å². The average Bonchev–Trinajstić information content (AvgIpc) is 2.80. The molecule has 0 spiro atoms. The summed E-state index contributed by atoms with van der Waals surface area (Å²) >= 11 is 0. The Bertz CT molecular complexity index is 1020. The molecule has 0 radical (unpaired) electrons. The smallest absolute Gasteiger partial charge is 0.227 e. The van der Waals surface area contributed by atoms with Gasteiger partial charge in [0.25, 0.3) is 0 Å². The fraction of sp³-hybridized carbons (Fsp3) is 0.261. The van der Waals surface area contributed by atoms with Gasteiger partial charge in [0, 0.05) is 42.4 Å². The van der Waals surface area contributed by atoms with E-state index in [1.165, 1.54) is 18.5 Å². The lowest BCUT2D eigenvalue weighted by Crippen LogP contribution is -2.38. The number of carbonyl (C=O) groups excluding carboxylic acids is 1. The highest BCUT2D eigenvalue weighted by molar-refractivity contribution is 5.92. The number of nitrogens with zero attached hydrogens (tertiary/aromatic N) is 3. The van der Waals surface area contributed by atoms with Crippen LogP contribution in [0.1, 0.15) is 12.8 Å². The Morgan fingerprint density at radius 1 is 1.10 bits per heavy atom. The molecule has 0 bridgehead atoms. The first kappa shape index (κ1) is 19.8. The molecular formula is C23H23FN4O2. The molecule has 1 N–H and O–H groups in total. The Morgan fingerprint density at radius 3 is 2.60 bits per heavy atom. The molecule has 1 amide bonds. The van der Waals surface area contributed by atoms with Crippen molar-refractivity contribution >= 4 is 17.4 Å². The third kappa shape index (κ3) is 4.56. The van der Waals surface area contributed by atoms with E-state index in [4.69, 9.17) is 4.74 Å². The van der Waals surface area contributed by atoms with E-state index in [2.05, 4.69) is 20.2 Å². The SMILES string of the molecule is COc1cccc(NC(=O)C2CCN(c3cc(-c4ccc(F)cc4)ncn3)CC2)c1. The van der Waals surface area contributed by atoms with Crippen LogP contribution in [0.4, 0.5) is 15.9 Å². The van der Waals surface area contributed by atoms with E-state index in [9.17, 15) is 9.18 Å². The lowest BCUT2D eigenvalue weighted by molar-refractivity contribution is -0.120. The first-order valence-corrected chi connectivity index (χ1v) is 9.90. The molecule has 6 nitrogen and oxygen atoms in total. The number of carbonyl (C=O) groups is 1. The average molecular weight is 406 g/mol. The second-order valence-electron chi connectivity index (χ2n) is 7.25. The van der Waals surface area contributed by atoms with Crippen LogP contribution in [0.15, 0.2) is 60.9 Å². The number of piperidine rings is 1. The van der Waals surface area contributed by atoms with Gasteiger partial charge in [0.1, 0.15) is 23.7 Å². The summed E-state index contributed by atoms with van der Waals surface area (Å²) < 4.78 is 18.4. The molecule has 30 heavy (non-hydrogen) atoms. The van der Waals surface area contributed by atoms with Crippen molar-refractivity contribution in [3.63, 3.8) is 0 Å². The molecule has 0 unspecified atom stereocenters. The number of hydrogen-bond donors (Lipinski definition) is 1. The number of methoxy groups -OCH3 is 1. The van der Waals surface area contributed by atoms with Gasteiger partial charge in [-0.05, 0) is 49.2 Å². The van der Waals surface area contributed by atoms with Crippen molar-refractivity contribution in [1.29, 1.82) is 0 Å². The zero-order chi connectivity index (χ0) is 20.9. The standard InChI is InChI=1S/C23H23FN4O2/c1-30-20-4-2-3-19(13-20)27-23(29)17-9-11-28(12-10-17)22-14-21(25-15-26-22)16-5-7-18(24)8-6-16/h2-8,13-15,17H,9-12H2,1H3,(H,27,29). The predicted molar refractivity (Wildman–Crippen MR) is 114 cm³/mol. The van der Waals surface area contributed by atoms with Crippen molar-refractivity contribution in [1.82, 2.24) is 9.97 Å². The van der Waals surface area contributed by atoms with Crippen molar-refractivity contribution in [3.8, 4) is 17.0 Å². The molecule has 154 valence electrons. The molecule has 1 aromatic heterocycles. The van der Waals surface area contributed by atoms with Crippen LogP contribution in [0.25, 0.3) is 11.3 Å². The number of anilines is 2. The number of rotatable bonds is 5. The van der Waals surface area contributed by atoms with Crippen LogP contribution in [-0.2, 0) is 4.79 Å². The molecule has 1 aliphatic rings. The van der Waals surface area contributed by atoms with Crippen molar-refractivity contribution in [3.05, 3.63) is 66.7 Å². The molecule has 0 aliphatic carbocycles. The lowest BCUT2D eigenvalue weighted by Gasteiger charge is -2.32. The zero-order valence-corrected chi connectivity index (χ0v) is 16.7. The molecule has 1 aliphatic heterocycles. The van der Waals surface area contributed by atoms with Crippen molar-refractivity contribution < 1.29 is 13.9 Å².